The highest BCUT2D eigenvalue weighted by molar-refractivity contribution is 5.27. The van der Waals surface area contributed by atoms with Crippen molar-refractivity contribution in [3.05, 3.63) is 11.6 Å². The third-order valence-electron chi connectivity index (χ3n) is 13.4. The van der Waals surface area contributed by atoms with Crippen LogP contribution in [0.15, 0.2) is 11.6 Å². The molecule has 1 aliphatic heterocycles. The molecule has 0 bridgehead atoms. The molecule has 6 heteroatoms. The molecule has 14 atom stereocenters. The highest BCUT2D eigenvalue weighted by atomic mass is 16.7. The molecule has 5 aliphatic rings. The van der Waals surface area contributed by atoms with Gasteiger partial charge in [-0.05, 0) is 110 Å². The van der Waals surface area contributed by atoms with E-state index in [-0.39, 0.29) is 11.5 Å². The van der Waals surface area contributed by atoms with Crippen molar-refractivity contribution in [2.24, 2.45) is 52.3 Å². The predicted octanol–water partition coefficient (Wildman–Crippen LogP) is 5.85. The monoisotopic (exact) mass is 576 g/mol. The van der Waals surface area contributed by atoms with E-state index in [9.17, 15) is 20.4 Å². The molecule has 1 saturated heterocycles. The van der Waals surface area contributed by atoms with Gasteiger partial charge in [0.05, 0.1) is 12.7 Å². The van der Waals surface area contributed by atoms with Crippen LogP contribution in [0.3, 0.4) is 0 Å². The number of aliphatic hydroxyl groups is 4. The zero-order valence-corrected chi connectivity index (χ0v) is 26.7. The lowest BCUT2D eigenvalue weighted by molar-refractivity contribution is -0.315. The minimum atomic E-state index is -1.39. The number of allylic oxidation sites excluding steroid dienone is 2. The second-order valence-corrected chi connectivity index (χ2v) is 15.7. The lowest BCUT2D eigenvalue weighted by Crippen LogP contribution is -2.60. The average Bonchev–Trinajstić information content (AvgIpc) is 3.30. The second kappa shape index (κ2) is 12.5. The summed E-state index contributed by atoms with van der Waals surface area (Å²) in [6.45, 7) is 14.5. The van der Waals surface area contributed by atoms with E-state index >= 15 is 0 Å². The highest BCUT2D eigenvalue weighted by Crippen LogP contribution is 2.67. The van der Waals surface area contributed by atoms with E-state index < -0.39 is 37.3 Å². The van der Waals surface area contributed by atoms with Crippen molar-refractivity contribution in [2.45, 2.75) is 149 Å². The molecule has 0 aromatic heterocycles. The standard InChI is InChI=1S/C35H60O6/c1-7-22(20(2)3)9-8-21(4)26-12-13-27-25-11-10-23-18-24(14-16-34(23,5)28(25)15-17-35(26,27)6)40-33-32(39)31(38)30(37)29(19-36)41-33/h11,20-24,26-33,36-39H,7-10,12-19H2,1-6H3/t21-,22-,23?,24?,26-,27+,28+,29-,30-,31+,32-,33-,34+,35-/m1/s1. The summed E-state index contributed by atoms with van der Waals surface area (Å²) in [4.78, 5) is 0. The van der Waals surface area contributed by atoms with Crippen LogP contribution in [-0.2, 0) is 9.47 Å². The fourth-order valence-electron chi connectivity index (χ4n) is 10.6. The number of fused-ring (bicyclic) bond motifs is 5. The Bertz CT molecular complexity index is 918. The lowest BCUT2D eigenvalue weighted by atomic mass is 9.47. The largest absolute Gasteiger partial charge is 0.394 e. The van der Waals surface area contributed by atoms with Crippen molar-refractivity contribution in [1.29, 1.82) is 0 Å². The molecule has 3 saturated carbocycles. The summed E-state index contributed by atoms with van der Waals surface area (Å²) < 4.78 is 11.9. The Balaban J connectivity index is 1.24. The van der Waals surface area contributed by atoms with Crippen LogP contribution >= 0.6 is 0 Å². The molecule has 0 spiro atoms. The number of ether oxygens (including phenoxy) is 2. The molecule has 4 aliphatic carbocycles. The minimum Gasteiger partial charge on any atom is -0.394 e. The van der Waals surface area contributed by atoms with Gasteiger partial charge in [0.2, 0.25) is 0 Å². The van der Waals surface area contributed by atoms with E-state index in [0.29, 0.717) is 17.3 Å². The van der Waals surface area contributed by atoms with Crippen LogP contribution in [0.5, 0.6) is 0 Å². The van der Waals surface area contributed by atoms with Gasteiger partial charge in [-0.25, -0.2) is 0 Å². The number of rotatable bonds is 9. The van der Waals surface area contributed by atoms with Crippen LogP contribution in [-0.4, -0.2) is 63.8 Å². The van der Waals surface area contributed by atoms with Gasteiger partial charge in [-0.1, -0.05) is 66.0 Å². The maximum Gasteiger partial charge on any atom is 0.186 e. The first-order chi connectivity index (χ1) is 19.4. The molecule has 5 rings (SSSR count). The third kappa shape index (κ3) is 5.73. The third-order valence-corrected chi connectivity index (χ3v) is 13.4. The Morgan fingerprint density at radius 2 is 1.63 bits per heavy atom. The number of hydrogen-bond acceptors (Lipinski definition) is 6. The van der Waals surface area contributed by atoms with Gasteiger partial charge in [-0.15, -0.1) is 0 Å². The van der Waals surface area contributed by atoms with E-state index in [4.69, 9.17) is 9.47 Å². The van der Waals surface area contributed by atoms with E-state index in [1.54, 1.807) is 5.57 Å². The van der Waals surface area contributed by atoms with Crippen LogP contribution in [0, 0.1) is 52.3 Å². The Morgan fingerprint density at radius 1 is 0.927 bits per heavy atom. The first-order valence-electron chi connectivity index (χ1n) is 17.1. The molecule has 2 unspecified atom stereocenters. The van der Waals surface area contributed by atoms with Gasteiger partial charge >= 0.3 is 0 Å². The molecule has 6 nitrogen and oxygen atoms in total. The van der Waals surface area contributed by atoms with E-state index in [2.05, 4.69) is 47.6 Å². The van der Waals surface area contributed by atoms with E-state index in [1.165, 1.54) is 44.9 Å². The van der Waals surface area contributed by atoms with Crippen LogP contribution in [0.4, 0.5) is 0 Å². The Kier molecular flexibility index (Phi) is 9.71. The summed E-state index contributed by atoms with van der Waals surface area (Å²) in [5.74, 6) is 5.21. The van der Waals surface area contributed by atoms with Crippen molar-refractivity contribution >= 4 is 0 Å². The van der Waals surface area contributed by atoms with Crippen molar-refractivity contribution in [1.82, 2.24) is 0 Å². The van der Waals surface area contributed by atoms with Gasteiger partial charge in [0, 0.05) is 0 Å². The van der Waals surface area contributed by atoms with Crippen LogP contribution in [0.2, 0.25) is 0 Å². The SMILES string of the molecule is CC[C@H](CC[C@@H](C)[C@H]1CC[C@H]2C3=CCC4CC(O[C@@H]5O[C@H](CO)[C@@H](O)[C@H](O)[C@H]5O)CC[C@]4(C)[C@H]3CC[C@]12C)C(C)C. The molecule has 0 amide bonds. The summed E-state index contributed by atoms with van der Waals surface area (Å²) >= 11 is 0. The summed E-state index contributed by atoms with van der Waals surface area (Å²) in [6, 6.07) is 0. The molecule has 236 valence electrons. The first-order valence-corrected chi connectivity index (χ1v) is 17.1. The Morgan fingerprint density at radius 3 is 2.32 bits per heavy atom. The maximum absolute atomic E-state index is 10.5. The fraction of sp³-hybridized carbons (Fsp3) is 0.943. The van der Waals surface area contributed by atoms with Crippen LogP contribution in [0.25, 0.3) is 0 Å². The minimum absolute atomic E-state index is 0.0622. The van der Waals surface area contributed by atoms with Gasteiger partial charge < -0.3 is 29.9 Å². The Hall–Kier alpha value is -0.500. The van der Waals surface area contributed by atoms with Gasteiger partial charge in [0.25, 0.3) is 0 Å². The van der Waals surface area contributed by atoms with Gasteiger partial charge in [-0.3, -0.25) is 0 Å². The smallest absolute Gasteiger partial charge is 0.186 e. The quantitative estimate of drug-likeness (QED) is 0.257. The summed E-state index contributed by atoms with van der Waals surface area (Å²) in [5.41, 5.74) is 2.50. The molecular weight excluding hydrogens is 516 g/mol. The lowest BCUT2D eigenvalue weighted by Gasteiger charge is -2.58. The summed E-state index contributed by atoms with van der Waals surface area (Å²) in [7, 11) is 0. The van der Waals surface area contributed by atoms with Crippen molar-refractivity contribution < 1.29 is 29.9 Å². The number of hydrogen-bond donors (Lipinski definition) is 4. The van der Waals surface area contributed by atoms with Crippen LogP contribution < -0.4 is 0 Å². The van der Waals surface area contributed by atoms with Crippen LogP contribution in [0.1, 0.15) is 112 Å². The Labute approximate surface area is 249 Å². The predicted molar refractivity (Wildman–Crippen MR) is 161 cm³/mol. The molecule has 0 aromatic carbocycles. The van der Waals surface area contributed by atoms with E-state index in [1.807, 2.05) is 0 Å². The molecule has 4 fully saturated rings. The van der Waals surface area contributed by atoms with E-state index in [0.717, 1.165) is 55.3 Å². The zero-order chi connectivity index (χ0) is 29.7. The number of aliphatic hydroxyl groups excluding tert-OH is 4. The van der Waals surface area contributed by atoms with Gasteiger partial charge in [0.15, 0.2) is 6.29 Å². The van der Waals surface area contributed by atoms with Crippen molar-refractivity contribution in [3.8, 4) is 0 Å². The zero-order valence-electron chi connectivity index (χ0n) is 26.7. The van der Waals surface area contributed by atoms with Gasteiger partial charge in [-0.2, -0.15) is 0 Å². The molecule has 0 radical (unpaired) electrons. The fourth-order valence-corrected chi connectivity index (χ4v) is 10.6. The highest BCUT2D eigenvalue weighted by Gasteiger charge is 2.58. The maximum atomic E-state index is 10.5. The van der Waals surface area contributed by atoms with Gasteiger partial charge in [0.1, 0.15) is 24.4 Å². The summed E-state index contributed by atoms with van der Waals surface area (Å²) in [5, 5.41) is 40.4. The molecule has 0 aromatic rings. The normalized spacial score (nSPS) is 47.7. The average molecular weight is 577 g/mol. The van der Waals surface area contributed by atoms with Crippen molar-refractivity contribution in [2.75, 3.05) is 6.61 Å². The second-order valence-electron chi connectivity index (χ2n) is 15.7. The molecule has 4 N–H and O–H groups in total. The summed E-state index contributed by atoms with van der Waals surface area (Å²) in [6.07, 6.45) is 10.0. The molecular formula is C35H60O6. The topological polar surface area (TPSA) is 99.4 Å². The molecule has 41 heavy (non-hydrogen) atoms. The first kappa shape index (κ1) is 31.9. The molecule has 1 heterocycles. The van der Waals surface area contributed by atoms with Crippen molar-refractivity contribution in [3.63, 3.8) is 0 Å².